The molecule has 5 rings (SSSR count). The third-order valence-electron chi connectivity index (χ3n) is 7.81. The van der Waals surface area contributed by atoms with Crippen LogP contribution in [-0.2, 0) is 12.0 Å². The van der Waals surface area contributed by atoms with Gasteiger partial charge in [0, 0.05) is 23.7 Å². The van der Waals surface area contributed by atoms with Crippen molar-refractivity contribution < 1.29 is 17.7 Å². The number of likely N-dealkylation sites (tertiary alicyclic amines) is 1. The number of hydrogen-bond donors (Lipinski definition) is 1. The molecule has 1 aliphatic heterocycles. The van der Waals surface area contributed by atoms with Crippen molar-refractivity contribution in [1.82, 2.24) is 20.4 Å². The van der Waals surface area contributed by atoms with E-state index in [2.05, 4.69) is 20.4 Å². The number of benzene rings is 2. The average molecular weight is 519 g/mol. The Morgan fingerprint density at radius 2 is 1.83 bits per heavy atom. The first-order chi connectivity index (χ1) is 17.4. The van der Waals surface area contributed by atoms with Crippen molar-refractivity contribution in [2.75, 3.05) is 26.2 Å². The van der Waals surface area contributed by atoms with Gasteiger partial charge in [-0.1, -0.05) is 35.3 Å². The minimum absolute atomic E-state index is 0.0979. The molecule has 0 radical (unpaired) electrons. The van der Waals surface area contributed by atoms with Gasteiger partial charge in [-0.3, -0.25) is 0 Å². The molecule has 5 nitrogen and oxygen atoms in total. The Hall–Kier alpha value is -2.42. The van der Waals surface area contributed by atoms with Crippen molar-refractivity contribution in [3.8, 4) is 0 Å². The molecule has 0 atom stereocenters. The van der Waals surface area contributed by atoms with Crippen LogP contribution in [-0.4, -0.2) is 41.2 Å². The molecule has 1 aliphatic carbocycles. The van der Waals surface area contributed by atoms with E-state index in [1.807, 2.05) is 24.3 Å². The van der Waals surface area contributed by atoms with Gasteiger partial charge < -0.3 is 14.7 Å². The van der Waals surface area contributed by atoms with Crippen molar-refractivity contribution in [2.45, 2.75) is 56.9 Å². The van der Waals surface area contributed by atoms with Crippen LogP contribution in [0.4, 0.5) is 13.2 Å². The van der Waals surface area contributed by atoms with Gasteiger partial charge in [-0.25, -0.2) is 13.2 Å². The van der Waals surface area contributed by atoms with E-state index < -0.39 is 17.5 Å². The molecular weight excluding hydrogens is 489 g/mol. The lowest BCUT2D eigenvalue weighted by molar-refractivity contribution is 0.209. The van der Waals surface area contributed by atoms with E-state index in [1.165, 1.54) is 12.5 Å². The van der Waals surface area contributed by atoms with Crippen LogP contribution in [0.3, 0.4) is 0 Å². The minimum Gasteiger partial charge on any atom is -0.338 e. The third kappa shape index (κ3) is 4.91. The molecule has 9 heteroatoms. The molecular formula is C27H30ClF3N4O. The Labute approximate surface area is 214 Å². The van der Waals surface area contributed by atoms with Gasteiger partial charge in [-0.15, -0.1) is 0 Å². The SMILES string of the molecule is Cc1c(F)c(F)cc(C2CCN(CCNCc3nc(C4(c5ccc(Cl)cc5)CCC4)no3)CC2)c1F. The van der Waals surface area contributed by atoms with Crippen LogP contribution in [0.1, 0.15) is 66.4 Å². The first kappa shape index (κ1) is 25.2. The van der Waals surface area contributed by atoms with E-state index in [1.54, 1.807) is 0 Å². The fourth-order valence-corrected chi connectivity index (χ4v) is 5.54. The lowest BCUT2D eigenvalue weighted by Gasteiger charge is -2.39. The summed E-state index contributed by atoms with van der Waals surface area (Å²) in [5.74, 6) is -1.49. The van der Waals surface area contributed by atoms with E-state index >= 15 is 0 Å². The zero-order valence-electron chi connectivity index (χ0n) is 20.3. The summed E-state index contributed by atoms with van der Waals surface area (Å²) in [6.45, 7) is 4.88. The van der Waals surface area contributed by atoms with E-state index in [0.29, 0.717) is 35.9 Å². The van der Waals surface area contributed by atoms with Crippen LogP contribution in [0.25, 0.3) is 0 Å². The summed E-state index contributed by atoms with van der Waals surface area (Å²) in [6.07, 6.45) is 4.53. The summed E-state index contributed by atoms with van der Waals surface area (Å²) in [4.78, 5) is 6.97. The predicted octanol–water partition coefficient (Wildman–Crippen LogP) is 5.89. The van der Waals surface area contributed by atoms with Crippen molar-refractivity contribution in [3.05, 3.63) is 81.2 Å². The average Bonchev–Trinajstić information content (AvgIpc) is 3.32. The van der Waals surface area contributed by atoms with Gasteiger partial charge in [0.2, 0.25) is 5.89 Å². The van der Waals surface area contributed by atoms with Gasteiger partial charge >= 0.3 is 0 Å². The Balaban J connectivity index is 1.09. The smallest absolute Gasteiger partial charge is 0.240 e. The van der Waals surface area contributed by atoms with Crippen molar-refractivity contribution >= 4 is 11.6 Å². The fourth-order valence-electron chi connectivity index (χ4n) is 5.41. The number of piperidine rings is 1. The highest BCUT2D eigenvalue weighted by atomic mass is 35.5. The maximum atomic E-state index is 14.5. The molecule has 1 saturated heterocycles. The topological polar surface area (TPSA) is 54.2 Å². The normalized spacial score (nSPS) is 18.4. The monoisotopic (exact) mass is 518 g/mol. The molecule has 192 valence electrons. The Morgan fingerprint density at radius 1 is 1.11 bits per heavy atom. The number of nitrogens with zero attached hydrogens (tertiary/aromatic N) is 3. The molecule has 0 bridgehead atoms. The second kappa shape index (κ2) is 10.5. The molecule has 2 aliphatic rings. The lowest BCUT2D eigenvalue weighted by Crippen LogP contribution is -2.38. The van der Waals surface area contributed by atoms with Crippen molar-refractivity contribution in [3.63, 3.8) is 0 Å². The number of nitrogens with one attached hydrogen (secondary N) is 1. The van der Waals surface area contributed by atoms with Crippen LogP contribution in [0.5, 0.6) is 0 Å². The second-order valence-electron chi connectivity index (χ2n) is 9.95. The molecule has 3 aromatic rings. The van der Waals surface area contributed by atoms with E-state index in [4.69, 9.17) is 16.1 Å². The Morgan fingerprint density at radius 3 is 2.50 bits per heavy atom. The summed E-state index contributed by atoms with van der Waals surface area (Å²) >= 11 is 6.06. The molecule has 0 amide bonds. The van der Waals surface area contributed by atoms with E-state index in [9.17, 15) is 13.2 Å². The number of rotatable bonds is 8. The standard InChI is InChI=1S/C27H30ClF3N4O/c1-17-24(30)21(15-22(29)25(17)31)18-7-12-35(13-8-18)14-11-32-16-23-33-26(34-36-23)27(9-2-10-27)19-3-5-20(28)6-4-19/h3-6,15,18,32H,2,7-14,16H2,1H3. The first-order valence-corrected chi connectivity index (χ1v) is 12.9. The number of halogens is 4. The highest BCUT2D eigenvalue weighted by molar-refractivity contribution is 6.30. The summed E-state index contributed by atoms with van der Waals surface area (Å²) in [5.41, 5.74) is 1.03. The highest BCUT2D eigenvalue weighted by Gasteiger charge is 2.44. The molecule has 2 heterocycles. The molecule has 1 saturated carbocycles. The van der Waals surface area contributed by atoms with Gasteiger partial charge in [-0.05, 0) is 80.9 Å². The Kier molecular flexibility index (Phi) is 7.37. The largest absolute Gasteiger partial charge is 0.338 e. The predicted molar refractivity (Wildman–Crippen MR) is 132 cm³/mol. The summed E-state index contributed by atoms with van der Waals surface area (Å²) < 4.78 is 47.4. The highest BCUT2D eigenvalue weighted by Crippen LogP contribution is 2.47. The number of aromatic nitrogens is 2. The van der Waals surface area contributed by atoms with Crippen LogP contribution in [0, 0.1) is 24.4 Å². The van der Waals surface area contributed by atoms with Crippen LogP contribution in [0.2, 0.25) is 5.02 Å². The summed E-state index contributed by atoms with van der Waals surface area (Å²) in [7, 11) is 0. The quantitative estimate of drug-likeness (QED) is 0.298. The van der Waals surface area contributed by atoms with E-state index in [-0.39, 0.29) is 16.9 Å². The molecule has 1 N–H and O–H groups in total. The third-order valence-corrected chi connectivity index (χ3v) is 8.06. The molecule has 2 aromatic carbocycles. The van der Waals surface area contributed by atoms with Gasteiger partial charge in [0.25, 0.3) is 0 Å². The van der Waals surface area contributed by atoms with Crippen LogP contribution >= 0.6 is 11.6 Å². The molecule has 1 aromatic heterocycles. The second-order valence-corrected chi connectivity index (χ2v) is 10.4. The number of hydrogen-bond acceptors (Lipinski definition) is 5. The molecule has 36 heavy (non-hydrogen) atoms. The van der Waals surface area contributed by atoms with Crippen LogP contribution in [0.15, 0.2) is 34.9 Å². The molecule has 2 fully saturated rings. The van der Waals surface area contributed by atoms with Gasteiger partial charge in [0.15, 0.2) is 17.5 Å². The lowest BCUT2D eigenvalue weighted by atomic mass is 9.64. The molecule has 0 unspecified atom stereocenters. The maximum absolute atomic E-state index is 14.5. The zero-order valence-corrected chi connectivity index (χ0v) is 21.1. The van der Waals surface area contributed by atoms with Gasteiger partial charge in [-0.2, -0.15) is 4.98 Å². The first-order valence-electron chi connectivity index (χ1n) is 12.5. The van der Waals surface area contributed by atoms with E-state index in [0.717, 1.165) is 57.3 Å². The summed E-state index contributed by atoms with van der Waals surface area (Å²) in [5, 5.41) is 8.36. The van der Waals surface area contributed by atoms with Crippen LogP contribution < -0.4 is 5.32 Å². The fraction of sp³-hybridized carbons (Fsp3) is 0.481. The van der Waals surface area contributed by atoms with Crippen molar-refractivity contribution in [1.29, 1.82) is 0 Å². The van der Waals surface area contributed by atoms with Gasteiger partial charge in [0.05, 0.1) is 12.0 Å². The Bertz CT molecular complexity index is 1200. The zero-order chi connectivity index (χ0) is 25.3. The minimum atomic E-state index is -1.10. The van der Waals surface area contributed by atoms with Crippen molar-refractivity contribution in [2.24, 2.45) is 0 Å². The molecule has 0 spiro atoms. The van der Waals surface area contributed by atoms with Gasteiger partial charge in [0.1, 0.15) is 5.82 Å². The summed E-state index contributed by atoms with van der Waals surface area (Å²) in [6, 6.07) is 8.91. The maximum Gasteiger partial charge on any atom is 0.240 e.